The molecule has 0 aliphatic carbocycles. The normalized spacial score (nSPS) is 29.5. The van der Waals surface area contributed by atoms with Crippen LogP contribution in [-0.4, -0.2) is 44.8 Å². The van der Waals surface area contributed by atoms with E-state index in [0.717, 1.165) is 18.4 Å². The van der Waals surface area contributed by atoms with Crippen molar-refractivity contribution in [2.24, 2.45) is 7.05 Å². The van der Waals surface area contributed by atoms with Crippen LogP contribution in [0.4, 0.5) is 0 Å². The lowest BCUT2D eigenvalue weighted by atomic mass is 9.99. The van der Waals surface area contributed by atoms with Crippen LogP contribution in [0.25, 0.3) is 0 Å². The van der Waals surface area contributed by atoms with Gasteiger partial charge in [-0.3, -0.25) is 9.58 Å². The average molecular weight is 235 g/mol. The van der Waals surface area contributed by atoms with Gasteiger partial charge in [-0.2, -0.15) is 5.10 Å². The number of nitrogens with zero attached hydrogens (tertiary/aromatic N) is 4. The third-order valence-corrected chi connectivity index (χ3v) is 4.18. The van der Waals surface area contributed by atoms with Gasteiger partial charge in [-0.05, 0) is 25.8 Å². The molecule has 94 valence electrons. The Morgan fingerprint density at radius 3 is 3.12 bits per heavy atom. The molecule has 0 amide bonds. The van der Waals surface area contributed by atoms with Gasteiger partial charge < -0.3 is 5.32 Å². The van der Waals surface area contributed by atoms with Gasteiger partial charge in [-0.25, -0.2) is 4.98 Å². The summed E-state index contributed by atoms with van der Waals surface area (Å²) in [6.07, 6.45) is 7.04. The summed E-state index contributed by atoms with van der Waals surface area (Å²) in [6, 6.07) is 1.41. The first-order valence-corrected chi connectivity index (χ1v) is 6.65. The molecule has 1 aromatic heterocycles. The molecular weight excluding hydrogens is 214 g/mol. The highest BCUT2D eigenvalue weighted by Crippen LogP contribution is 2.27. The van der Waals surface area contributed by atoms with Gasteiger partial charge in [-0.15, -0.1) is 0 Å². The summed E-state index contributed by atoms with van der Waals surface area (Å²) in [4.78, 5) is 6.91. The molecule has 5 heteroatoms. The van der Waals surface area contributed by atoms with Crippen LogP contribution < -0.4 is 5.32 Å². The molecule has 0 saturated carbocycles. The first-order valence-electron chi connectivity index (χ1n) is 6.65. The molecule has 2 unspecified atom stereocenters. The molecule has 1 aromatic rings. The lowest BCUT2D eigenvalue weighted by molar-refractivity contribution is 0.180. The van der Waals surface area contributed by atoms with Crippen LogP contribution in [0.1, 0.15) is 31.5 Å². The second kappa shape index (κ2) is 4.74. The van der Waals surface area contributed by atoms with E-state index in [4.69, 9.17) is 0 Å². The first kappa shape index (κ1) is 11.2. The van der Waals surface area contributed by atoms with E-state index in [1.807, 2.05) is 11.7 Å². The minimum absolute atomic E-state index is 0.645. The van der Waals surface area contributed by atoms with E-state index in [0.29, 0.717) is 6.04 Å². The summed E-state index contributed by atoms with van der Waals surface area (Å²) in [5.41, 5.74) is 0. The number of nitrogens with one attached hydrogen (secondary N) is 1. The van der Waals surface area contributed by atoms with Crippen LogP contribution in [0.5, 0.6) is 0 Å². The van der Waals surface area contributed by atoms with E-state index in [9.17, 15) is 0 Å². The maximum atomic E-state index is 4.26. The minimum atomic E-state index is 0.645. The highest BCUT2D eigenvalue weighted by Gasteiger charge is 2.34. The van der Waals surface area contributed by atoms with Crippen LogP contribution in [0, 0.1) is 0 Å². The van der Waals surface area contributed by atoms with Crippen molar-refractivity contribution in [1.29, 1.82) is 0 Å². The molecule has 1 N–H and O–H groups in total. The number of hydrogen-bond donors (Lipinski definition) is 1. The van der Waals surface area contributed by atoms with Crippen molar-refractivity contribution >= 4 is 0 Å². The first-order chi connectivity index (χ1) is 8.34. The molecule has 2 fully saturated rings. The van der Waals surface area contributed by atoms with Gasteiger partial charge in [0.2, 0.25) is 0 Å². The van der Waals surface area contributed by atoms with E-state index in [1.165, 1.54) is 38.8 Å². The quantitative estimate of drug-likeness (QED) is 0.830. The average Bonchev–Trinajstić information content (AvgIpc) is 2.93. The highest BCUT2D eigenvalue weighted by molar-refractivity contribution is 4.95. The zero-order valence-corrected chi connectivity index (χ0v) is 10.5. The fourth-order valence-electron chi connectivity index (χ4n) is 3.19. The smallest absolute Gasteiger partial charge is 0.140 e. The number of rotatable bonds is 3. The van der Waals surface area contributed by atoms with E-state index in [1.54, 1.807) is 6.33 Å². The molecule has 17 heavy (non-hydrogen) atoms. The maximum absolute atomic E-state index is 4.26. The van der Waals surface area contributed by atoms with Crippen LogP contribution in [0.3, 0.4) is 0 Å². The molecule has 0 bridgehead atoms. The van der Waals surface area contributed by atoms with Crippen LogP contribution >= 0.6 is 0 Å². The van der Waals surface area contributed by atoms with Crippen molar-refractivity contribution in [2.45, 2.75) is 44.3 Å². The molecule has 2 aliphatic heterocycles. The summed E-state index contributed by atoms with van der Waals surface area (Å²) in [6.45, 7) is 3.40. The second-order valence-corrected chi connectivity index (χ2v) is 5.18. The van der Waals surface area contributed by atoms with Crippen molar-refractivity contribution < 1.29 is 0 Å². The van der Waals surface area contributed by atoms with Crippen LogP contribution in [-0.2, 0) is 13.6 Å². The maximum Gasteiger partial charge on any atom is 0.140 e. The Labute approximate surface area is 102 Å². The summed E-state index contributed by atoms with van der Waals surface area (Å²) in [7, 11) is 1.95. The number of fused-ring (bicyclic) bond motifs is 1. The Balaban J connectivity index is 1.57. The molecular formula is C12H21N5. The number of piperidine rings is 1. The Morgan fingerprint density at radius 2 is 2.29 bits per heavy atom. The summed E-state index contributed by atoms with van der Waals surface area (Å²) >= 11 is 0. The van der Waals surface area contributed by atoms with Gasteiger partial charge >= 0.3 is 0 Å². The SMILES string of the molecule is Cn1ncnc1CNC1CCN2CCCCC12. The number of hydrogen-bond acceptors (Lipinski definition) is 4. The third kappa shape index (κ3) is 2.21. The molecule has 5 nitrogen and oxygen atoms in total. The van der Waals surface area contributed by atoms with Crippen molar-refractivity contribution in [3.05, 3.63) is 12.2 Å². The highest BCUT2D eigenvalue weighted by atomic mass is 15.3. The van der Waals surface area contributed by atoms with E-state index in [2.05, 4.69) is 20.3 Å². The molecule has 2 saturated heterocycles. The van der Waals surface area contributed by atoms with Gasteiger partial charge in [0.1, 0.15) is 12.2 Å². The fraction of sp³-hybridized carbons (Fsp3) is 0.833. The summed E-state index contributed by atoms with van der Waals surface area (Å²) in [5, 5.41) is 7.76. The molecule has 3 heterocycles. The Kier molecular flexibility index (Phi) is 3.11. The van der Waals surface area contributed by atoms with E-state index in [-0.39, 0.29) is 0 Å². The predicted octanol–water partition coefficient (Wildman–Crippen LogP) is 0.531. The Morgan fingerprint density at radius 1 is 1.35 bits per heavy atom. The van der Waals surface area contributed by atoms with Gasteiger partial charge in [0.15, 0.2) is 0 Å². The van der Waals surface area contributed by atoms with Gasteiger partial charge in [-0.1, -0.05) is 6.42 Å². The minimum Gasteiger partial charge on any atom is -0.305 e. The van der Waals surface area contributed by atoms with Crippen molar-refractivity contribution in [2.75, 3.05) is 13.1 Å². The molecule has 2 atom stereocenters. The standard InChI is InChI=1S/C12H21N5/c1-16-12(14-9-15-16)8-13-10-5-7-17-6-3-2-4-11(10)17/h9-11,13H,2-8H2,1H3. The van der Waals surface area contributed by atoms with Gasteiger partial charge in [0, 0.05) is 25.7 Å². The summed E-state index contributed by atoms with van der Waals surface area (Å²) < 4.78 is 1.85. The zero-order chi connectivity index (χ0) is 11.7. The van der Waals surface area contributed by atoms with Crippen molar-refractivity contribution in [1.82, 2.24) is 25.0 Å². The van der Waals surface area contributed by atoms with Gasteiger partial charge in [0.05, 0.1) is 6.54 Å². The van der Waals surface area contributed by atoms with Crippen LogP contribution in [0.15, 0.2) is 6.33 Å². The molecule has 2 aliphatic rings. The Hall–Kier alpha value is -0.940. The largest absolute Gasteiger partial charge is 0.305 e. The number of aromatic nitrogens is 3. The lowest BCUT2D eigenvalue weighted by Gasteiger charge is -2.32. The molecule has 0 aromatic carbocycles. The monoisotopic (exact) mass is 235 g/mol. The van der Waals surface area contributed by atoms with Crippen molar-refractivity contribution in [3.8, 4) is 0 Å². The Bertz CT molecular complexity index is 375. The van der Waals surface area contributed by atoms with E-state index < -0.39 is 0 Å². The van der Waals surface area contributed by atoms with Crippen molar-refractivity contribution in [3.63, 3.8) is 0 Å². The fourth-order valence-corrected chi connectivity index (χ4v) is 3.19. The third-order valence-electron chi connectivity index (χ3n) is 4.18. The molecule has 3 rings (SSSR count). The van der Waals surface area contributed by atoms with Crippen LogP contribution in [0.2, 0.25) is 0 Å². The molecule has 0 spiro atoms. The van der Waals surface area contributed by atoms with Gasteiger partial charge in [0.25, 0.3) is 0 Å². The zero-order valence-electron chi connectivity index (χ0n) is 10.5. The lowest BCUT2D eigenvalue weighted by Crippen LogP contribution is -2.44. The predicted molar refractivity (Wildman–Crippen MR) is 65.5 cm³/mol. The second-order valence-electron chi connectivity index (χ2n) is 5.18. The topological polar surface area (TPSA) is 46.0 Å². The summed E-state index contributed by atoms with van der Waals surface area (Å²) in [5.74, 6) is 1.03. The molecule has 0 radical (unpaired) electrons. The van der Waals surface area contributed by atoms with E-state index >= 15 is 0 Å². The number of aryl methyl sites for hydroxylation is 1.